The third-order valence-electron chi connectivity index (χ3n) is 9.07. The van der Waals surface area contributed by atoms with Crippen LogP contribution in [0.1, 0.15) is 41.2 Å². The Kier molecular flexibility index (Phi) is 10.1. The number of amides is 2. The average molecular weight is 636 g/mol. The lowest BCUT2D eigenvalue weighted by Gasteiger charge is -2.41. The van der Waals surface area contributed by atoms with Crippen molar-refractivity contribution in [2.24, 2.45) is 0 Å². The van der Waals surface area contributed by atoms with Crippen molar-refractivity contribution in [2.45, 2.75) is 37.8 Å². The number of nitrogens with zero attached hydrogens (tertiary/aromatic N) is 1. The molecule has 6 aromatic rings. The highest BCUT2D eigenvalue weighted by Crippen LogP contribution is 2.38. The molecule has 1 aromatic heterocycles. The molecule has 0 aliphatic carbocycles. The highest BCUT2D eigenvalue weighted by atomic mass is 16.5. The van der Waals surface area contributed by atoms with E-state index in [0.29, 0.717) is 12.8 Å². The first kappa shape index (κ1) is 32.5. The highest BCUT2D eigenvalue weighted by molar-refractivity contribution is 5.94. The number of aromatic amines is 1. The number of hydrogen-bond acceptors (Lipinski definition) is 4. The first-order valence-electron chi connectivity index (χ1n) is 16.4. The standard InChI is InChI=1S/C42H41N3O3/c1-31(46)45(41(47)27-26-32-16-12-15-25-40(32)48-2)30-37(28-33-29-43-39-24-14-13-23-38(33)39)44-42(34-17-6-3-7-18-34,35-19-8-4-9-20-35)36-21-10-5-11-22-36/h3-25,29,37,43-44H,26-28,30H2,1-2H3/t37-/m1/s1. The second kappa shape index (κ2) is 15.0. The van der Waals surface area contributed by atoms with Gasteiger partial charge in [0.2, 0.25) is 11.8 Å². The molecule has 0 fully saturated rings. The number of fused-ring (bicyclic) bond motifs is 1. The van der Waals surface area contributed by atoms with Gasteiger partial charge < -0.3 is 9.72 Å². The number of nitrogens with one attached hydrogen (secondary N) is 2. The van der Waals surface area contributed by atoms with Gasteiger partial charge in [0.05, 0.1) is 12.6 Å². The first-order chi connectivity index (χ1) is 23.5. The molecule has 6 nitrogen and oxygen atoms in total. The first-order valence-corrected chi connectivity index (χ1v) is 16.4. The normalized spacial score (nSPS) is 12.0. The minimum absolute atomic E-state index is 0.182. The van der Waals surface area contributed by atoms with Crippen LogP contribution in [0.2, 0.25) is 0 Å². The quantitative estimate of drug-likeness (QED) is 0.128. The average Bonchev–Trinajstić information content (AvgIpc) is 3.55. The van der Waals surface area contributed by atoms with Crippen molar-refractivity contribution in [1.29, 1.82) is 0 Å². The van der Waals surface area contributed by atoms with Gasteiger partial charge in [0.1, 0.15) is 5.75 Å². The van der Waals surface area contributed by atoms with Gasteiger partial charge in [-0.1, -0.05) is 127 Å². The number of carbonyl (C=O) groups excluding carboxylic acids is 2. The molecule has 0 radical (unpaired) electrons. The van der Waals surface area contributed by atoms with Gasteiger partial charge in [-0.3, -0.25) is 19.8 Å². The SMILES string of the molecule is COc1ccccc1CCC(=O)N(C[C@@H](Cc1c[nH]c2ccccc12)NC(c1ccccc1)(c1ccccc1)c1ccccc1)C(C)=O. The number of aromatic nitrogens is 1. The summed E-state index contributed by atoms with van der Waals surface area (Å²) in [5.41, 5.74) is 5.47. The molecule has 48 heavy (non-hydrogen) atoms. The summed E-state index contributed by atoms with van der Waals surface area (Å²) in [6, 6.07) is 46.8. The molecule has 0 aliphatic heterocycles. The molecule has 0 bridgehead atoms. The summed E-state index contributed by atoms with van der Waals surface area (Å²) in [4.78, 5) is 32.0. The van der Waals surface area contributed by atoms with E-state index >= 15 is 0 Å². The molecular weight excluding hydrogens is 594 g/mol. The number of hydrogen-bond donors (Lipinski definition) is 2. The Hall–Kier alpha value is -5.46. The van der Waals surface area contributed by atoms with Crippen molar-refractivity contribution in [3.05, 3.63) is 174 Å². The Morgan fingerprint density at radius 2 is 1.27 bits per heavy atom. The fourth-order valence-electron chi connectivity index (χ4n) is 6.76. The number of ether oxygens (including phenoxy) is 1. The highest BCUT2D eigenvalue weighted by Gasteiger charge is 2.39. The number of carbonyl (C=O) groups is 2. The lowest BCUT2D eigenvalue weighted by molar-refractivity contribution is -0.144. The largest absolute Gasteiger partial charge is 0.496 e. The lowest BCUT2D eigenvalue weighted by atomic mass is 9.76. The van der Waals surface area contributed by atoms with Crippen LogP contribution in [0.15, 0.2) is 146 Å². The van der Waals surface area contributed by atoms with E-state index in [1.807, 2.05) is 60.8 Å². The maximum Gasteiger partial charge on any atom is 0.229 e. The topological polar surface area (TPSA) is 74.4 Å². The molecular formula is C42H41N3O3. The van der Waals surface area contributed by atoms with Gasteiger partial charge in [0, 0.05) is 43.0 Å². The molecule has 6 rings (SSSR count). The Labute approximate surface area is 282 Å². The third kappa shape index (κ3) is 6.94. The molecule has 2 amide bonds. The fraction of sp³-hybridized carbons (Fsp3) is 0.190. The number of imide groups is 1. The van der Waals surface area contributed by atoms with Crippen LogP contribution in [0.5, 0.6) is 5.75 Å². The summed E-state index contributed by atoms with van der Waals surface area (Å²) in [6.07, 6.45) is 3.26. The number of H-pyrrole nitrogens is 1. The van der Waals surface area contributed by atoms with Crippen LogP contribution in [0.3, 0.4) is 0 Å². The number of methoxy groups -OCH3 is 1. The van der Waals surface area contributed by atoms with Crippen LogP contribution in [0.25, 0.3) is 10.9 Å². The van der Waals surface area contributed by atoms with Crippen molar-refractivity contribution in [3.8, 4) is 5.75 Å². The lowest BCUT2D eigenvalue weighted by Crippen LogP contribution is -2.55. The van der Waals surface area contributed by atoms with Crippen LogP contribution < -0.4 is 10.1 Å². The van der Waals surface area contributed by atoms with Crippen molar-refractivity contribution >= 4 is 22.7 Å². The van der Waals surface area contributed by atoms with E-state index in [1.54, 1.807) is 7.11 Å². The van der Waals surface area contributed by atoms with E-state index < -0.39 is 5.54 Å². The predicted molar refractivity (Wildman–Crippen MR) is 192 cm³/mol. The van der Waals surface area contributed by atoms with Gasteiger partial charge in [-0.25, -0.2) is 0 Å². The monoisotopic (exact) mass is 635 g/mol. The van der Waals surface area contributed by atoms with Gasteiger partial charge in [0.15, 0.2) is 0 Å². The molecule has 1 heterocycles. The van der Waals surface area contributed by atoms with E-state index in [1.165, 1.54) is 11.8 Å². The Morgan fingerprint density at radius 3 is 1.85 bits per heavy atom. The predicted octanol–water partition coefficient (Wildman–Crippen LogP) is 7.68. The summed E-state index contributed by atoms with van der Waals surface area (Å²) in [6.45, 7) is 1.66. The minimum atomic E-state index is -0.788. The zero-order chi connectivity index (χ0) is 33.3. The Morgan fingerprint density at radius 1 is 0.729 bits per heavy atom. The van der Waals surface area contributed by atoms with Gasteiger partial charge >= 0.3 is 0 Å². The number of benzene rings is 5. The molecule has 0 saturated carbocycles. The number of rotatable bonds is 13. The maximum atomic E-state index is 13.9. The van der Waals surface area contributed by atoms with Crippen LogP contribution in [0.4, 0.5) is 0 Å². The van der Waals surface area contributed by atoms with Crippen molar-refractivity contribution < 1.29 is 14.3 Å². The van der Waals surface area contributed by atoms with E-state index in [9.17, 15) is 9.59 Å². The van der Waals surface area contributed by atoms with Crippen LogP contribution in [0, 0.1) is 0 Å². The molecule has 2 N–H and O–H groups in total. The van der Waals surface area contributed by atoms with E-state index in [-0.39, 0.29) is 30.8 Å². The fourth-order valence-corrected chi connectivity index (χ4v) is 6.76. The second-order valence-corrected chi connectivity index (χ2v) is 12.1. The smallest absolute Gasteiger partial charge is 0.229 e. The Bertz CT molecular complexity index is 1860. The second-order valence-electron chi connectivity index (χ2n) is 12.1. The summed E-state index contributed by atoms with van der Waals surface area (Å²) >= 11 is 0. The van der Waals surface area contributed by atoms with Crippen molar-refractivity contribution in [2.75, 3.05) is 13.7 Å². The summed E-state index contributed by atoms with van der Waals surface area (Å²) in [5, 5.41) is 5.19. The molecule has 5 aromatic carbocycles. The number of para-hydroxylation sites is 2. The van der Waals surface area contributed by atoms with Gasteiger partial charge in [-0.05, 0) is 52.8 Å². The van der Waals surface area contributed by atoms with Crippen LogP contribution in [-0.4, -0.2) is 41.4 Å². The van der Waals surface area contributed by atoms with E-state index in [0.717, 1.165) is 44.5 Å². The van der Waals surface area contributed by atoms with Crippen molar-refractivity contribution in [1.82, 2.24) is 15.2 Å². The number of aryl methyl sites for hydroxylation is 1. The molecule has 0 aliphatic rings. The summed E-state index contributed by atoms with van der Waals surface area (Å²) in [5.74, 6) is 0.233. The summed E-state index contributed by atoms with van der Waals surface area (Å²) < 4.78 is 5.52. The molecule has 6 heteroatoms. The zero-order valence-electron chi connectivity index (χ0n) is 27.4. The maximum absolute atomic E-state index is 13.9. The third-order valence-corrected chi connectivity index (χ3v) is 9.07. The Balaban J connectivity index is 1.43. The molecule has 242 valence electrons. The summed E-state index contributed by atoms with van der Waals surface area (Å²) in [7, 11) is 1.63. The molecule has 0 saturated heterocycles. The molecule has 0 unspecified atom stereocenters. The van der Waals surface area contributed by atoms with Gasteiger partial charge in [-0.2, -0.15) is 0 Å². The molecule has 0 spiro atoms. The van der Waals surface area contributed by atoms with E-state index in [4.69, 9.17) is 4.74 Å². The van der Waals surface area contributed by atoms with E-state index in [2.05, 4.69) is 95.2 Å². The van der Waals surface area contributed by atoms with Crippen LogP contribution in [-0.2, 0) is 28.0 Å². The minimum Gasteiger partial charge on any atom is -0.496 e. The van der Waals surface area contributed by atoms with Crippen molar-refractivity contribution in [3.63, 3.8) is 0 Å². The van der Waals surface area contributed by atoms with Gasteiger partial charge in [0.25, 0.3) is 0 Å². The van der Waals surface area contributed by atoms with Gasteiger partial charge in [-0.15, -0.1) is 0 Å². The zero-order valence-corrected chi connectivity index (χ0v) is 27.4. The molecule has 1 atom stereocenters. The van der Waals surface area contributed by atoms with Crippen LogP contribution >= 0.6 is 0 Å².